The average molecular weight is 298 g/mol. The molecule has 3 atom stereocenters. The molecule has 0 bridgehead atoms. The normalized spacial score (nSPS) is 28.0. The van der Waals surface area contributed by atoms with Crippen molar-refractivity contribution >= 4 is 0 Å². The molecule has 0 aromatic carbocycles. The summed E-state index contributed by atoms with van der Waals surface area (Å²) in [6.45, 7) is 13.4. The van der Waals surface area contributed by atoms with Crippen LogP contribution in [0.4, 0.5) is 0 Å². The van der Waals surface area contributed by atoms with E-state index in [1.165, 1.54) is 51.4 Å². The highest BCUT2D eigenvalue weighted by Crippen LogP contribution is 2.35. The monoisotopic (exact) mass is 297 g/mol. The van der Waals surface area contributed by atoms with E-state index >= 15 is 0 Å². The summed E-state index contributed by atoms with van der Waals surface area (Å²) in [5, 5.41) is 3.64. The number of nitrogens with one attached hydrogen (secondary N) is 1. The molecule has 0 heterocycles. The first-order valence-electron chi connectivity index (χ1n) is 9.38. The van der Waals surface area contributed by atoms with E-state index in [0.29, 0.717) is 6.04 Å². The lowest BCUT2D eigenvalue weighted by molar-refractivity contribution is -0.0935. The van der Waals surface area contributed by atoms with Gasteiger partial charge in [0.25, 0.3) is 0 Å². The van der Waals surface area contributed by atoms with Gasteiger partial charge in [-0.2, -0.15) is 0 Å². The largest absolute Gasteiger partial charge is 0.373 e. The van der Waals surface area contributed by atoms with E-state index in [2.05, 4.69) is 39.9 Å². The minimum atomic E-state index is 0.0988. The molecular weight excluding hydrogens is 258 g/mol. The maximum Gasteiger partial charge on any atom is 0.0809 e. The third kappa shape index (κ3) is 7.15. The lowest BCUT2D eigenvalue weighted by Crippen LogP contribution is -2.48. The second-order valence-corrected chi connectivity index (χ2v) is 7.65. The van der Waals surface area contributed by atoms with Crippen LogP contribution in [0, 0.1) is 11.8 Å². The Hall–Kier alpha value is -0.0800. The highest BCUT2D eigenvalue weighted by Gasteiger charge is 2.36. The summed E-state index contributed by atoms with van der Waals surface area (Å²) in [5.74, 6) is 1.56. The van der Waals surface area contributed by atoms with E-state index in [1.807, 2.05) is 0 Å². The third-order valence-electron chi connectivity index (χ3n) is 5.05. The number of hydrogen-bond acceptors (Lipinski definition) is 2. The molecule has 1 saturated carbocycles. The standard InChI is InChI=1S/C19H39NO/c1-6-8-11-18(7-2)14-21-19(15-20-16(3)4)12-9-10-17(5)13-19/h16-18,20H,6-15H2,1-5H3. The first-order chi connectivity index (χ1) is 10.0. The predicted octanol–water partition coefficient (Wildman–Crippen LogP) is 5.17. The number of ether oxygens (including phenoxy) is 1. The molecule has 1 aliphatic rings. The number of unbranched alkanes of at least 4 members (excludes halogenated alkanes) is 1. The highest BCUT2D eigenvalue weighted by atomic mass is 16.5. The van der Waals surface area contributed by atoms with Crippen molar-refractivity contribution in [3.63, 3.8) is 0 Å². The molecule has 1 aliphatic carbocycles. The van der Waals surface area contributed by atoms with Gasteiger partial charge in [0.05, 0.1) is 12.2 Å². The Balaban J connectivity index is 2.55. The van der Waals surface area contributed by atoms with Crippen LogP contribution in [0.25, 0.3) is 0 Å². The molecule has 0 radical (unpaired) electrons. The zero-order chi connectivity index (χ0) is 15.7. The van der Waals surface area contributed by atoms with Gasteiger partial charge in [-0.15, -0.1) is 0 Å². The summed E-state index contributed by atoms with van der Waals surface area (Å²) in [7, 11) is 0. The third-order valence-corrected chi connectivity index (χ3v) is 5.05. The molecule has 1 N–H and O–H groups in total. The maximum absolute atomic E-state index is 6.58. The fourth-order valence-corrected chi connectivity index (χ4v) is 3.54. The molecule has 126 valence electrons. The summed E-state index contributed by atoms with van der Waals surface area (Å²) in [5.41, 5.74) is 0.0988. The fraction of sp³-hybridized carbons (Fsp3) is 1.00. The molecule has 0 saturated heterocycles. The van der Waals surface area contributed by atoms with Gasteiger partial charge < -0.3 is 10.1 Å². The zero-order valence-corrected chi connectivity index (χ0v) is 15.2. The molecular formula is C19H39NO. The second-order valence-electron chi connectivity index (χ2n) is 7.65. The van der Waals surface area contributed by atoms with Crippen LogP contribution in [0.1, 0.15) is 86.0 Å². The molecule has 0 aromatic heterocycles. The number of hydrogen-bond donors (Lipinski definition) is 1. The van der Waals surface area contributed by atoms with Crippen LogP contribution in [0.5, 0.6) is 0 Å². The van der Waals surface area contributed by atoms with Gasteiger partial charge in [-0.05, 0) is 31.1 Å². The van der Waals surface area contributed by atoms with E-state index in [-0.39, 0.29) is 5.60 Å². The van der Waals surface area contributed by atoms with Gasteiger partial charge in [-0.25, -0.2) is 0 Å². The second kappa shape index (κ2) is 9.84. The summed E-state index contributed by atoms with van der Waals surface area (Å²) in [6.07, 6.45) is 10.4. The quantitative estimate of drug-likeness (QED) is 0.601. The van der Waals surface area contributed by atoms with Crippen molar-refractivity contribution in [3.8, 4) is 0 Å². The van der Waals surface area contributed by atoms with Gasteiger partial charge in [0.2, 0.25) is 0 Å². The van der Waals surface area contributed by atoms with Crippen LogP contribution in [-0.2, 0) is 4.74 Å². The van der Waals surface area contributed by atoms with Crippen LogP contribution in [0.2, 0.25) is 0 Å². The van der Waals surface area contributed by atoms with Gasteiger partial charge in [-0.1, -0.05) is 66.7 Å². The minimum absolute atomic E-state index is 0.0988. The predicted molar refractivity (Wildman–Crippen MR) is 92.8 cm³/mol. The molecule has 2 nitrogen and oxygen atoms in total. The Morgan fingerprint density at radius 2 is 2.05 bits per heavy atom. The van der Waals surface area contributed by atoms with Crippen LogP contribution >= 0.6 is 0 Å². The molecule has 2 heteroatoms. The van der Waals surface area contributed by atoms with Crippen molar-refractivity contribution in [2.24, 2.45) is 11.8 Å². The van der Waals surface area contributed by atoms with E-state index in [0.717, 1.165) is 25.0 Å². The van der Waals surface area contributed by atoms with Crippen molar-refractivity contribution in [1.29, 1.82) is 0 Å². The summed E-state index contributed by atoms with van der Waals surface area (Å²) in [4.78, 5) is 0. The minimum Gasteiger partial charge on any atom is -0.373 e. The molecule has 0 aromatic rings. The lowest BCUT2D eigenvalue weighted by Gasteiger charge is -2.41. The van der Waals surface area contributed by atoms with Gasteiger partial charge in [0.1, 0.15) is 0 Å². The smallest absolute Gasteiger partial charge is 0.0809 e. The van der Waals surface area contributed by atoms with Crippen molar-refractivity contribution < 1.29 is 4.74 Å². The molecule has 1 fully saturated rings. The topological polar surface area (TPSA) is 21.3 Å². The molecule has 3 unspecified atom stereocenters. The Kier molecular flexibility index (Phi) is 8.89. The van der Waals surface area contributed by atoms with Crippen molar-refractivity contribution in [2.45, 2.75) is 97.6 Å². The van der Waals surface area contributed by atoms with Gasteiger partial charge in [0, 0.05) is 12.6 Å². The Morgan fingerprint density at radius 1 is 1.29 bits per heavy atom. The summed E-state index contributed by atoms with van der Waals surface area (Å²) < 4.78 is 6.58. The highest BCUT2D eigenvalue weighted by molar-refractivity contribution is 4.90. The molecule has 0 aliphatic heterocycles. The molecule has 0 spiro atoms. The van der Waals surface area contributed by atoms with Crippen molar-refractivity contribution in [2.75, 3.05) is 13.2 Å². The Morgan fingerprint density at radius 3 is 2.62 bits per heavy atom. The van der Waals surface area contributed by atoms with Gasteiger partial charge in [-0.3, -0.25) is 0 Å². The summed E-state index contributed by atoms with van der Waals surface area (Å²) >= 11 is 0. The summed E-state index contributed by atoms with van der Waals surface area (Å²) in [6, 6.07) is 0.546. The van der Waals surface area contributed by atoms with Crippen LogP contribution in [0.15, 0.2) is 0 Å². The first kappa shape index (κ1) is 19.0. The fourth-order valence-electron chi connectivity index (χ4n) is 3.54. The Bertz CT molecular complexity index is 266. The first-order valence-corrected chi connectivity index (χ1v) is 9.38. The zero-order valence-electron chi connectivity index (χ0n) is 15.2. The van der Waals surface area contributed by atoms with E-state index < -0.39 is 0 Å². The van der Waals surface area contributed by atoms with Crippen molar-refractivity contribution in [1.82, 2.24) is 5.32 Å². The van der Waals surface area contributed by atoms with E-state index in [9.17, 15) is 0 Å². The molecule has 0 amide bonds. The number of rotatable bonds is 10. The van der Waals surface area contributed by atoms with Crippen molar-refractivity contribution in [3.05, 3.63) is 0 Å². The van der Waals surface area contributed by atoms with Gasteiger partial charge in [0.15, 0.2) is 0 Å². The van der Waals surface area contributed by atoms with Gasteiger partial charge >= 0.3 is 0 Å². The van der Waals surface area contributed by atoms with E-state index in [4.69, 9.17) is 4.74 Å². The Labute approximate surface area is 133 Å². The van der Waals surface area contributed by atoms with Crippen LogP contribution < -0.4 is 5.32 Å². The van der Waals surface area contributed by atoms with Crippen LogP contribution in [-0.4, -0.2) is 24.8 Å². The lowest BCUT2D eigenvalue weighted by atomic mass is 9.78. The average Bonchev–Trinajstić information content (AvgIpc) is 2.46. The molecule has 21 heavy (non-hydrogen) atoms. The maximum atomic E-state index is 6.58. The van der Waals surface area contributed by atoms with E-state index in [1.54, 1.807) is 0 Å². The SMILES string of the molecule is CCCCC(CC)COC1(CNC(C)C)CCCC(C)C1. The van der Waals surface area contributed by atoms with Crippen LogP contribution in [0.3, 0.4) is 0 Å². The molecule has 1 rings (SSSR count).